The van der Waals surface area contributed by atoms with E-state index in [-0.39, 0.29) is 0 Å². The summed E-state index contributed by atoms with van der Waals surface area (Å²) in [5.74, 6) is -1.80. The number of benzene rings is 1. The maximum atomic E-state index is 13.1. The lowest BCUT2D eigenvalue weighted by molar-refractivity contribution is 0.286. The molecule has 1 atom stereocenters. The molecule has 0 aliphatic carbocycles. The Morgan fingerprint density at radius 2 is 2.06 bits per heavy atom. The molecular weight excluding hydrogens is 222 g/mol. The van der Waals surface area contributed by atoms with E-state index in [9.17, 15) is 8.78 Å². The molecule has 0 aliphatic rings. The first kappa shape index (κ1) is 13.6. The Kier molecular flexibility index (Phi) is 5.05. The van der Waals surface area contributed by atoms with Gasteiger partial charge in [0.2, 0.25) is 0 Å². The molecule has 0 aliphatic heterocycles. The molecule has 17 heavy (non-hydrogen) atoms. The Balaban J connectivity index is 2.86. The van der Waals surface area contributed by atoms with Crippen molar-refractivity contribution in [2.75, 3.05) is 13.6 Å². The molecular formula is C13H16F2N2. The lowest BCUT2D eigenvalue weighted by Crippen LogP contribution is -2.24. The van der Waals surface area contributed by atoms with E-state index in [4.69, 9.17) is 5.26 Å². The minimum absolute atomic E-state index is 0.491. The number of unbranched alkanes of at least 4 members (excludes halogenated alkanes) is 1. The average molecular weight is 238 g/mol. The highest BCUT2D eigenvalue weighted by atomic mass is 19.2. The van der Waals surface area contributed by atoms with Gasteiger partial charge in [0.1, 0.15) is 6.04 Å². The van der Waals surface area contributed by atoms with Crippen LogP contribution in [0.2, 0.25) is 0 Å². The van der Waals surface area contributed by atoms with Crippen LogP contribution in [0.15, 0.2) is 18.2 Å². The normalized spacial score (nSPS) is 12.5. The van der Waals surface area contributed by atoms with Gasteiger partial charge in [-0.2, -0.15) is 5.26 Å². The van der Waals surface area contributed by atoms with Crippen LogP contribution in [-0.2, 0) is 0 Å². The molecule has 0 amide bonds. The second-order valence-corrected chi connectivity index (χ2v) is 4.04. The van der Waals surface area contributed by atoms with Crippen molar-refractivity contribution in [2.45, 2.75) is 25.8 Å². The molecule has 1 unspecified atom stereocenters. The van der Waals surface area contributed by atoms with E-state index in [0.717, 1.165) is 31.5 Å². The summed E-state index contributed by atoms with van der Waals surface area (Å²) in [5, 5.41) is 9.10. The Bertz CT molecular complexity index is 412. The highest BCUT2D eigenvalue weighted by molar-refractivity contribution is 5.25. The van der Waals surface area contributed by atoms with Crippen molar-refractivity contribution >= 4 is 0 Å². The van der Waals surface area contributed by atoms with E-state index < -0.39 is 17.7 Å². The Morgan fingerprint density at radius 3 is 2.59 bits per heavy atom. The fraction of sp³-hybridized carbons (Fsp3) is 0.462. The summed E-state index contributed by atoms with van der Waals surface area (Å²) >= 11 is 0. The molecule has 0 saturated carbocycles. The van der Waals surface area contributed by atoms with Crippen LogP contribution >= 0.6 is 0 Å². The number of hydrogen-bond acceptors (Lipinski definition) is 2. The minimum Gasteiger partial charge on any atom is -0.287 e. The summed E-state index contributed by atoms with van der Waals surface area (Å²) in [4.78, 5) is 1.84. The fourth-order valence-corrected chi connectivity index (χ4v) is 1.65. The molecule has 1 aromatic rings. The molecule has 0 aromatic heterocycles. The minimum atomic E-state index is -0.911. The Hall–Kier alpha value is -1.47. The zero-order valence-corrected chi connectivity index (χ0v) is 10.1. The SMILES string of the molecule is CCCCN(C)C(C#N)c1ccc(F)c(F)c1. The van der Waals surface area contributed by atoms with E-state index in [0.29, 0.717) is 5.56 Å². The van der Waals surface area contributed by atoms with Crippen molar-refractivity contribution < 1.29 is 8.78 Å². The second-order valence-electron chi connectivity index (χ2n) is 4.04. The quantitative estimate of drug-likeness (QED) is 0.787. The van der Waals surface area contributed by atoms with Crippen LogP contribution in [0.5, 0.6) is 0 Å². The molecule has 0 bridgehead atoms. The molecule has 0 heterocycles. The van der Waals surface area contributed by atoms with E-state index in [1.54, 1.807) is 0 Å². The number of halogens is 2. The van der Waals surface area contributed by atoms with Gasteiger partial charge in [-0.1, -0.05) is 19.4 Å². The summed E-state index contributed by atoms with van der Waals surface area (Å²) in [7, 11) is 1.81. The molecule has 92 valence electrons. The summed E-state index contributed by atoms with van der Waals surface area (Å²) in [6.45, 7) is 2.82. The van der Waals surface area contributed by atoms with Crippen LogP contribution in [0.4, 0.5) is 8.78 Å². The van der Waals surface area contributed by atoms with Gasteiger partial charge in [-0.25, -0.2) is 8.78 Å². The van der Waals surface area contributed by atoms with Gasteiger partial charge in [-0.05, 0) is 37.7 Å². The zero-order valence-electron chi connectivity index (χ0n) is 10.1. The van der Waals surface area contributed by atoms with Gasteiger partial charge < -0.3 is 0 Å². The first-order chi connectivity index (χ1) is 8.10. The van der Waals surface area contributed by atoms with Gasteiger partial charge in [0.25, 0.3) is 0 Å². The number of rotatable bonds is 5. The van der Waals surface area contributed by atoms with Crippen molar-refractivity contribution in [3.63, 3.8) is 0 Å². The molecule has 1 rings (SSSR count). The first-order valence-electron chi connectivity index (χ1n) is 5.65. The third-order valence-corrected chi connectivity index (χ3v) is 2.69. The monoisotopic (exact) mass is 238 g/mol. The standard InChI is InChI=1S/C13H16F2N2/c1-3-4-7-17(2)13(9-16)10-5-6-11(14)12(15)8-10/h5-6,8,13H,3-4,7H2,1-2H3. The first-order valence-corrected chi connectivity index (χ1v) is 5.65. The second kappa shape index (κ2) is 6.31. The van der Waals surface area contributed by atoms with E-state index >= 15 is 0 Å². The topological polar surface area (TPSA) is 27.0 Å². The van der Waals surface area contributed by atoms with Crippen LogP contribution in [0.25, 0.3) is 0 Å². The van der Waals surface area contributed by atoms with Crippen molar-refractivity contribution in [1.82, 2.24) is 4.90 Å². The van der Waals surface area contributed by atoms with Crippen molar-refractivity contribution in [3.05, 3.63) is 35.4 Å². The molecule has 0 fully saturated rings. The van der Waals surface area contributed by atoms with Crippen LogP contribution in [0, 0.1) is 23.0 Å². The Morgan fingerprint density at radius 1 is 1.35 bits per heavy atom. The molecule has 0 saturated heterocycles. The third-order valence-electron chi connectivity index (χ3n) is 2.69. The molecule has 2 nitrogen and oxygen atoms in total. The lowest BCUT2D eigenvalue weighted by Gasteiger charge is -2.22. The summed E-state index contributed by atoms with van der Waals surface area (Å²) in [5.41, 5.74) is 0.491. The number of nitrogens with zero attached hydrogens (tertiary/aromatic N) is 2. The van der Waals surface area contributed by atoms with Gasteiger partial charge in [-0.3, -0.25) is 4.90 Å². The number of hydrogen-bond donors (Lipinski definition) is 0. The predicted octanol–water partition coefficient (Wildman–Crippen LogP) is 3.26. The Labute approximate surface area is 100 Å². The van der Waals surface area contributed by atoms with Crippen molar-refractivity contribution in [1.29, 1.82) is 5.26 Å². The smallest absolute Gasteiger partial charge is 0.159 e. The predicted molar refractivity (Wildman–Crippen MR) is 62.3 cm³/mol. The van der Waals surface area contributed by atoms with Crippen molar-refractivity contribution in [2.24, 2.45) is 0 Å². The van der Waals surface area contributed by atoms with E-state index in [2.05, 4.69) is 13.0 Å². The largest absolute Gasteiger partial charge is 0.287 e. The molecule has 0 radical (unpaired) electrons. The van der Waals surface area contributed by atoms with Gasteiger partial charge in [0, 0.05) is 0 Å². The molecule has 4 heteroatoms. The summed E-state index contributed by atoms with van der Waals surface area (Å²) in [6.07, 6.45) is 2.00. The van der Waals surface area contributed by atoms with Crippen LogP contribution in [0.3, 0.4) is 0 Å². The van der Waals surface area contributed by atoms with Gasteiger partial charge in [0.15, 0.2) is 11.6 Å². The van der Waals surface area contributed by atoms with E-state index in [1.807, 2.05) is 11.9 Å². The molecule has 0 spiro atoms. The third kappa shape index (κ3) is 3.50. The van der Waals surface area contributed by atoms with E-state index in [1.165, 1.54) is 6.07 Å². The maximum absolute atomic E-state index is 13.1. The van der Waals surface area contributed by atoms with Crippen LogP contribution in [0.1, 0.15) is 31.4 Å². The van der Waals surface area contributed by atoms with Gasteiger partial charge >= 0.3 is 0 Å². The maximum Gasteiger partial charge on any atom is 0.159 e. The fourth-order valence-electron chi connectivity index (χ4n) is 1.65. The molecule has 1 aromatic carbocycles. The van der Waals surface area contributed by atoms with Gasteiger partial charge in [0.05, 0.1) is 6.07 Å². The van der Waals surface area contributed by atoms with Gasteiger partial charge in [-0.15, -0.1) is 0 Å². The summed E-state index contributed by atoms with van der Waals surface area (Å²) in [6, 6.07) is 5.18. The van der Waals surface area contributed by atoms with Crippen molar-refractivity contribution in [3.8, 4) is 6.07 Å². The summed E-state index contributed by atoms with van der Waals surface area (Å²) < 4.78 is 25.9. The van der Waals surface area contributed by atoms with Crippen LogP contribution < -0.4 is 0 Å². The zero-order chi connectivity index (χ0) is 12.8. The van der Waals surface area contributed by atoms with Crippen LogP contribution in [-0.4, -0.2) is 18.5 Å². The highest BCUT2D eigenvalue weighted by Gasteiger charge is 2.17. The number of nitriles is 1. The average Bonchev–Trinajstić information content (AvgIpc) is 2.32. The highest BCUT2D eigenvalue weighted by Crippen LogP contribution is 2.21. The lowest BCUT2D eigenvalue weighted by atomic mass is 10.1. The molecule has 0 N–H and O–H groups in total.